The molecule has 4 aromatic rings. The summed E-state index contributed by atoms with van der Waals surface area (Å²) >= 11 is 5.78. The molecule has 0 aliphatic rings. The smallest absolute Gasteiger partial charge is 0.255 e. The molecule has 2 heterocycles. The zero-order valence-corrected chi connectivity index (χ0v) is 19.6. The van der Waals surface area contributed by atoms with Gasteiger partial charge < -0.3 is 5.32 Å². The number of aryl methyl sites for hydroxylation is 4. The summed E-state index contributed by atoms with van der Waals surface area (Å²) < 4.78 is 16.7. The maximum Gasteiger partial charge on any atom is 0.255 e. The number of carbonyl (C=O) groups is 1. The molecular formula is C25H24ClFN4O2. The third-order valence-corrected chi connectivity index (χ3v) is 6.12. The molecule has 8 heteroatoms. The Bertz CT molecular complexity index is 1440. The first-order valence-corrected chi connectivity index (χ1v) is 10.9. The van der Waals surface area contributed by atoms with Crippen LogP contribution in [0.5, 0.6) is 0 Å². The van der Waals surface area contributed by atoms with Gasteiger partial charge in [-0.25, -0.2) is 9.07 Å². The average molecular weight is 467 g/mol. The van der Waals surface area contributed by atoms with Gasteiger partial charge in [-0.3, -0.25) is 14.2 Å². The summed E-state index contributed by atoms with van der Waals surface area (Å²) in [5, 5.41) is 8.23. The van der Waals surface area contributed by atoms with Crippen LogP contribution in [0.3, 0.4) is 0 Å². The summed E-state index contributed by atoms with van der Waals surface area (Å²) in [6.07, 6.45) is 0.367. The summed E-state index contributed by atoms with van der Waals surface area (Å²) in [6.45, 7) is 5.83. The summed E-state index contributed by atoms with van der Waals surface area (Å²) in [5.41, 5.74) is 5.18. The maximum atomic E-state index is 13.3. The lowest BCUT2D eigenvalue weighted by Crippen LogP contribution is -2.25. The molecule has 0 radical (unpaired) electrons. The molecule has 2 aromatic heterocycles. The number of carbonyl (C=O) groups excluding carboxylic acids is 1. The van der Waals surface area contributed by atoms with Crippen molar-refractivity contribution in [2.75, 3.05) is 5.32 Å². The minimum Gasteiger partial charge on any atom is -0.326 e. The van der Waals surface area contributed by atoms with Crippen LogP contribution in [0.4, 0.5) is 10.1 Å². The number of hydrogen-bond acceptors (Lipinski definition) is 3. The first-order valence-electron chi connectivity index (χ1n) is 10.6. The van der Waals surface area contributed by atoms with Gasteiger partial charge in [-0.15, -0.1) is 0 Å². The SMILES string of the molecule is Cc1ccc(-n2nc(C)c3c(C)c(CCC(=O)Nc4ccc(F)c(Cl)c4)c(=O)n(C)c32)cc1. The fourth-order valence-electron chi connectivity index (χ4n) is 4.07. The Hall–Kier alpha value is -3.45. The predicted octanol–water partition coefficient (Wildman–Crippen LogP) is 5.01. The van der Waals surface area contributed by atoms with Crippen molar-refractivity contribution < 1.29 is 9.18 Å². The van der Waals surface area contributed by atoms with Crippen LogP contribution in [0.25, 0.3) is 16.7 Å². The van der Waals surface area contributed by atoms with Crippen LogP contribution in [-0.2, 0) is 18.3 Å². The molecule has 0 spiro atoms. The van der Waals surface area contributed by atoms with Crippen molar-refractivity contribution >= 4 is 34.2 Å². The molecule has 1 amide bonds. The second kappa shape index (κ2) is 8.83. The van der Waals surface area contributed by atoms with Crippen molar-refractivity contribution in [1.82, 2.24) is 14.3 Å². The van der Waals surface area contributed by atoms with E-state index in [4.69, 9.17) is 16.7 Å². The van der Waals surface area contributed by atoms with E-state index in [0.29, 0.717) is 16.9 Å². The molecule has 4 rings (SSSR count). The number of halogens is 2. The summed E-state index contributed by atoms with van der Waals surface area (Å²) in [4.78, 5) is 25.7. The van der Waals surface area contributed by atoms with Gasteiger partial charge in [0.2, 0.25) is 5.91 Å². The van der Waals surface area contributed by atoms with Gasteiger partial charge in [0.05, 0.1) is 16.4 Å². The molecule has 0 bridgehead atoms. The van der Waals surface area contributed by atoms with Gasteiger partial charge in [0.15, 0.2) is 0 Å². The lowest BCUT2D eigenvalue weighted by molar-refractivity contribution is -0.116. The number of aromatic nitrogens is 3. The molecule has 33 heavy (non-hydrogen) atoms. The molecule has 0 saturated heterocycles. The highest BCUT2D eigenvalue weighted by atomic mass is 35.5. The molecule has 1 N–H and O–H groups in total. The van der Waals surface area contributed by atoms with E-state index in [1.807, 2.05) is 45.0 Å². The Kier molecular flexibility index (Phi) is 6.08. The van der Waals surface area contributed by atoms with Gasteiger partial charge in [0, 0.05) is 30.1 Å². The van der Waals surface area contributed by atoms with E-state index in [1.165, 1.54) is 18.2 Å². The largest absolute Gasteiger partial charge is 0.326 e. The highest BCUT2D eigenvalue weighted by molar-refractivity contribution is 6.31. The Morgan fingerprint density at radius 2 is 1.82 bits per heavy atom. The molecule has 170 valence electrons. The zero-order chi connectivity index (χ0) is 23.9. The maximum absolute atomic E-state index is 13.3. The Labute approximate surface area is 195 Å². The second-order valence-corrected chi connectivity index (χ2v) is 8.58. The van der Waals surface area contributed by atoms with Crippen molar-refractivity contribution in [2.24, 2.45) is 7.05 Å². The molecule has 0 atom stereocenters. The fourth-order valence-corrected chi connectivity index (χ4v) is 4.25. The van der Waals surface area contributed by atoms with Gasteiger partial charge in [-0.2, -0.15) is 5.10 Å². The minimum absolute atomic E-state index is 0.0657. The summed E-state index contributed by atoms with van der Waals surface area (Å²) in [6, 6.07) is 11.9. The average Bonchev–Trinajstić information content (AvgIpc) is 3.12. The lowest BCUT2D eigenvalue weighted by atomic mass is 10.0. The molecular weight excluding hydrogens is 443 g/mol. The standard InChI is InChI=1S/C25H24ClFN4O2/c1-14-5-8-18(9-6-14)31-24-23(16(3)29-31)15(2)19(25(33)30(24)4)10-12-22(32)28-17-7-11-21(27)20(26)13-17/h5-9,11,13H,10,12H2,1-4H3,(H,28,32). The van der Waals surface area contributed by atoms with Gasteiger partial charge in [-0.05, 0) is 63.1 Å². The van der Waals surface area contributed by atoms with E-state index < -0.39 is 5.82 Å². The molecule has 0 aliphatic carbocycles. The minimum atomic E-state index is -0.552. The van der Waals surface area contributed by atoms with Crippen LogP contribution in [0.2, 0.25) is 5.02 Å². The number of benzene rings is 2. The van der Waals surface area contributed by atoms with Gasteiger partial charge >= 0.3 is 0 Å². The quantitative estimate of drug-likeness (QED) is 0.449. The van der Waals surface area contributed by atoms with E-state index in [1.54, 1.807) is 16.3 Å². The van der Waals surface area contributed by atoms with Crippen molar-refractivity contribution in [3.63, 3.8) is 0 Å². The van der Waals surface area contributed by atoms with Crippen LogP contribution in [0, 0.1) is 26.6 Å². The second-order valence-electron chi connectivity index (χ2n) is 8.18. The number of nitrogens with zero attached hydrogens (tertiary/aromatic N) is 3. The third kappa shape index (κ3) is 4.28. The number of nitrogens with one attached hydrogen (secondary N) is 1. The van der Waals surface area contributed by atoms with E-state index in [9.17, 15) is 14.0 Å². The number of pyridine rings is 1. The van der Waals surface area contributed by atoms with Crippen LogP contribution < -0.4 is 10.9 Å². The summed E-state index contributed by atoms with van der Waals surface area (Å²) in [7, 11) is 1.72. The monoisotopic (exact) mass is 466 g/mol. The highest BCUT2D eigenvalue weighted by Gasteiger charge is 2.20. The van der Waals surface area contributed by atoms with E-state index >= 15 is 0 Å². The Balaban J connectivity index is 1.65. The molecule has 0 aliphatic heterocycles. The number of fused-ring (bicyclic) bond motifs is 1. The van der Waals surface area contributed by atoms with Gasteiger partial charge in [0.1, 0.15) is 11.5 Å². The first kappa shape index (κ1) is 22.7. The molecule has 2 aromatic carbocycles. The number of rotatable bonds is 5. The first-order chi connectivity index (χ1) is 15.7. The topological polar surface area (TPSA) is 68.9 Å². The van der Waals surface area contributed by atoms with Gasteiger partial charge in [-0.1, -0.05) is 29.3 Å². The van der Waals surface area contributed by atoms with Crippen LogP contribution in [0.15, 0.2) is 47.3 Å². The summed E-state index contributed by atoms with van der Waals surface area (Å²) in [5.74, 6) is -0.838. The normalized spacial score (nSPS) is 11.2. The predicted molar refractivity (Wildman–Crippen MR) is 129 cm³/mol. The number of hydrogen-bond donors (Lipinski definition) is 1. The molecule has 0 fully saturated rings. The van der Waals surface area contributed by atoms with Crippen LogP contribution in [0.1, 0.15) is 28.8 Å². The number of anilines is 1. The van der Waals surface area contributed by atoms with Crippen LogP contribution >= 0.6 is 11.6 Å². The van der Waals surface area contributed by atoms with Crippen molar-refractivity contribution in [2.45, 2.75) is 33.6 Å². The van der Waals surface area contributed by atoms with E-state index in [-0.39, 0.29) is 29.3 Å². The lowest BCUT2D eigenvalue weighted by Gasteiger charge is -2.13. The van der Waals surface area contributed by atoms with Crippen molar-refractivity contribution in [3.8, 4) is 5.69 Å². The van der Waals surface area contributed by atoms with Gasteiger partial charge in [0.25, 0.3) is 5.56 Å². The zero-order valence-electron chi connectivity index (χ0n) is 18.9. The van der Waals surface area contributed by atoms with Crippen molar-refractivity contribution in [3.05, 3.63) is 86.0 Å². The third-order valence-electron chi connectivity index (χ3n) is 5.83. The van der Waals surface area contributed by atoms with E-state index in [2.05, 4.69) is 5.32 Å². The molecule has 0 saturated carbocycles. The molecule has 6 nitrogen and oxygen atoms in total. The van der Waals surface area contributed by atoms with Crippen LogP contribution in [-0.4, -0.2) is 20.3 Å². The van der Waals surface area contributed by atoms with E-state index in [0.717, 1.165) is 27.9 Å². The Morgan fingerprint density at radius 1 is 1.12 bits per heavy atom. The highest BCUT2D eigenvalue weighted by Crippen LogP contribution is 2.26. The van der Waals surface area contributed by atoms with Crippen molar-refractivity contribution in [1.29, 1.82) is 0 Å². The molecule has 0 unspecified atom stereocenters. The fraction of sp³-hybridized carbons (Fsp3) is 0.240. The Morgan fingerprint density at radius 3 is 2.48 bits per heavy atom. The number of amides is 1.